The standard InChI is InChI=1S/C20H20N2O2/c1-14-6-2-5-9-17(14)22-19(23)12-18(20(22)24)21-11-10-15-7-3-4-8-16(15)13-21/h2-9,18H,10-13H2,1H3/p+1/t18-/m0/s1. The number of anilines is 1. The van der Waals surface area contributed by atoms with E-state index in [2.05, 4.69) is 18.2 Å². The van der Waals surface area contributed by atoms with Crippen molar-refractivity contribution in [3.05, 3.63) is 65.2 Å². The minimum atomic E-state index is -0.259. The highest BCUT2D eigenvalue weighted by molar-refractivity contribution is 6.22. The molecule has 2 amide bonds. The Morgan fingerprint density at radius 3 is 2.50 bits per heavy atom. The third-order valence-electron chi connectivity index (χ3n) is 5.25. The molecule has 24 heavy (non-hydrogen) atoms. The molecule has 2 aromatic rings. The molecule has 4 nitrogen and oxygen atoms in total. The van der Waals surface area contributed by atoms with Crippen LogP contribution in [0.15, 0.2) is 48.5 Å². The Morgan fingerprint density at radius 2 is 1.71 bits per heavy atom. The van der Waals surface area contributed by atoms with Crippen molar-refractivity contribution in [3.8, 4) is 0 Å². The summed E-state index contributed by atoms with van der Waals surface area (Å²) in [5, 5.41) is 0. The third kappa shape index (κ3) is 2.43. The van der Waals surface area contributed by atoms with Gasteiger partial charge in [-0.15, -0.1) is 0 Å². The van der Waals surface area contributed by atoms with E-state index >= 15 is 0 Å². The first-order chi connectivity index (χ1) is 11.6. The molecule has 122 valence electrons. The second-order valence-electron chi connectivity index (χ2n) is 6.71. The van der Waals surface area contributed by atoms with Crippen LogP contribution in [0.3, 0.4) is 0 Å². The van der Waals surface area contributed by atoms with Crippen molar-refractivity contribution in [2.24, 2.45) is 0 Å². The van der Waals surface area contributed by atoms with E-state index in [1.54, 1.807) is 0 Å². The zero-order valence-corrected chi connectivity index (χ0v) is 13.8. The number of para-hydroxylation sites is 1. The quantitative estimate of drug-likeness (QED) is 0.847. The van der Waals surface area contributed by atoms with Crippen LogP contribution in [0, 0.1) is 6.92 Å². The largest absolute Gasteiger partial charge is 0.320 e. The topological polar surface area (TPSA) is 41.8 Å². The van der Waals surface area contributed by atoms with Gasteiger partial charge in [-0.2, -0.15) is 0 Å². The van der Waals surface area contributed by atoms with Crippen LogP contribution < -0.4 is 9.80 Å². The lowest BCUT2D eigenvalue weighted by Crippen LogP contribution is -3.16. The highest BCUT2D eigenvalue weighted by Crippen LogP contribution is 2.25. The molecule has 1 fully saturated rings. The molecule has 2 aliphatic heterocycles. The Bertz CT molecular complexity index is 815. The van der Waals surface area contributed by atoms with Gasteiger partial charge in [-0.1, -0.05) is 42.5 Å². The summed E-state index contributed by atoms with van der Waals surface area (Å²) in [6.45, 7) is 3.66. The normalized spacial score (nSPS) is 23.5. The lowest BCUT2D eigenvalue weighted by Gasteiger charge is -2.29. The van der Waals surface area contributed by atoms with Gasteiger partial charge in [0.2, 0.25) is 5.91 Å². The molecule has 0 radical (unpaired) electrons. The van der Waals surface area contributed by atoms with Gasteiger partial charge in [0.25, 0.3) is 5.91 Å². The molecule has 0 aliphatic carbocycles. The number of carbonyl (C=O) groups is 2. The molecule has 1 unspecified atom stereocenters. The molecular weight excluding hydrogens is 300 g/mol. The van der Waals surface area contributed by atoms with Gasteiger partial charge in [0.15, 0.2) is 6.04 Å². The van der Waals surface area contributed by atoms with Gasteiger partial charge in [-0.25, -0.2) is 4.90 Å². The maximum Gasteiger partial charge on any atom is 0.292 e. The number of imide groups is 1. The van der Waals surface area contributed by atoms with Crippen molar-refractivity contribution in [1.29, 1.82) is 0 Å². The molecule has 0 bridgehead atoms. The van der Waals surface area contributed by atoms with Gasteiger partial charge in [0.05, 0.1) is 18.7 Å². The molecule has 2 aliphatic rings. The highest BCUT2D eigenvalue weighted by Gasteiger charge is 2.46. The van der Waals surface area contributed by atoms with Gasteiger partial charge in [0, 0.05) is 12.0 Å². The monoisotopic (exact) mass is 321 g/mol. The fourth-order valence-corrected chi connectivity index (χ4v) is 3.92. The minimum absolute atomic E-state index is 0.0521. The smallest absolute Gasteiger partial charge is 0.292 e. The first kappa shape index (κ1) is 15.1. The number of quaternary nitrogens is 1. The predicted molar refractivity (Wildman–Crippen MR) is 91.8 cm³/mol. The number of nitrogens with one attached hydrogen (secondary N) is 1. The molecule has 2 atom stereocenters. The van der Waals surface area contributed by atoms with Crippen LogP contribution in [0.1, 0.15) is 23.1 Å². The van der Waals surface area contributed by atoms with E-state index in [1.165, 1.54) is 20.9 Å². The van der Waals surface area contributed by atoms with Crippen LogP contribution in [0.5, 0.6) is 0 Å². The second-order valence-corrected chi connectivity index (χ2v) is 6.71. The van der Waals surface area contributed by atoms with Crippen molar-refractivity contribution < 1.29 is 14.5 Å². The van der Waals surface area contributed by atoms with Crippen LogP contribution in [0.25, 0.3) is 0 Å². The van der Waals surface area contributed by atoms with Crippen molar-refractivity contribution >= 4 is 17.5 Å². The lowest BCUT2D eigenvalue weighted by atomic mass is 9.98. The van der Waals surface area contributed by atoms with Crippen LogP contribution in [0.2, 0.25) is 0 Å². The number of fused-ring (bicyclic) bond motifs is 1. The summed E-state index contributed by atoms with van der Waals surface area (Å²) in [6, 6.07) is 15.7. The number of benzene rings is 2. The van der Waals surface area contributed by atoms with E-state index in [0.29, 0.717) is 6.42 Å². The summed E-state index contributed by atoms with van der Waals surface area (Å²) in [6.07, 6.45) is 1.28. The molecule has 2 heterocycles. The van der Waals surface area contributed by atoms with E-state index in [4.69, 9.17) is 0 Å². The number of hydrogen-bond donors (Lipinski definition) is 1. The molecule has 1 N–H and O–H groups in total. The number of hydrogen-bond acceptors (Lipinski definition) is 2. The average molecular weight is 321 g/mol. The van der Waals surface area contributed by atoms with Gasteiger partial charge in [0.1, 0.15) is 6.54 Å². The third-order valence-corrected chi connectivity index (χ3v) is 5.25. The zero-order chi connectivity index (χ0) is 16.7. The summed E-state index contributed by atoms with van der Waals surface area (Å²) in [5.74, 6) is -0.130. The van der Waals surface area contributed by atoms with E-state index in [1.807, 2.05) is 37.3 Å². The van der Waals surface area contributed by atoms with Crippen LogP contribution in [-0.4, -0.2) is 24.4 Å². The van der Waals surface area contributed by atoms with Gasteiger partial charge in [-0.05, 0) is 24.1 Å². The van der Waals surface area contributed by atoms with E-state index in [-0.39, 0.29) is 17.9 Å². The molecular formula is C20H21N2O2+. The summed E-state index contributed by atoms with van der Waals surface area (Å²) < 4.78 is 0. The van der Waals surface area contributed by atoms with Crippen molar-refractivity contribution in [1.82, 2.24) is 0 Å². The average Bonchev–Trinajstić information content (AvgIpc) is 2.90. The first-order valence-corrected chi connectivity index (χ1v) is 8.49. The van der Waals surface area contributed by atoms with Crippen LogP contribution in [-0.2, 0) is 22.6 Å². The SMILES string of the molecule is Cc1ccccc1N1C(=O)C[C@H]([NH+]2CCc3ccccc3C2)C1=O. The van der Waals surface area contributed by atoms with Crippen LogP contribution >= 0.6 is 0 Å². The summed E-state index contributed by atoms with van der Waals surface area (Å²) in [7, 11) is 0. The van der Waals surface area contributed by atoms with Crippen molar-refractivity contribution in [2.75, 3.05) is 11.4 Å². The maximum atomic E-state index is 13.0. The van der Waals surface area contributed by atoms with Crippen molar-refractivity contribution in [3.63, 3.8) is 0 Å². The Hall–Kier alpha value is -2.46. The predicted octanol–water partition coefficient (Wildman–Crippen LogP) is 1.27. The number of amides is 2. The number of nitrogens with zero attached hydrogens (tertiary/aromatic N) is 1. The second kappa shape index (κ2) is 5.87. The Kier molecular flexibility index (Phi) is 3.69. The summed E-state index contributed by atoms with van der Waals surface area (Å²) >= 11 is 0. The van der Waals surface area contributed by atoms with Crippen LogP contribution in [0.4, 0.5) is 5.69 Å². The number of aryl methyl sites for hydroxylation is 1. The molecule has 4 rings (SSSR count). The molecule has 4 heteroatoms. The van der Waals surface area contributed by atoms with E-state index < -0.39 is 0 Å². The molecule has 1 saturated heterocycles. The van der Waals surface area contributed by atoms with Crippen molar-refractivity contribution in [2.45, 2.75) is 32.4 Å². The Labute approximate surface area is 141 Å². The molecule has 2 aromatic carbocycles. The summed E-state index contributed by atoms with van der Waals surface area (Å²) in [4.78, 5) is 28.1. The van der Waals surface area contributed by atoms with E-state index in [0.717, 1.165) is 30.8 Å². The molecule has 0 aromatic heterocycles. The van der Waals surface area contributed by atoms with Gasteiger partial charge >= 0.3 is 0 Å². The number of carbonyl (C=O) groups excluding carboxylic acids is 2. The fourth-order valence-electron chi connectivity index (χ4n) is 3.92. The molecule has 0 spiro atoms. The Balaban J connectivity index is 1.60. The zero-order valence-electron chi connectivity index (χ0n) is 13.8. The lowest BCUT2D eigenvalue weighted by molar-refractivity contribution is -0.930. The Morgan fingerprint density at radius 1 is 1.00 bits per heavy atom. The van der Waals surface area contributed by atoms with E-state index in [9.17, 15) is 9.59 Å². The summed E-state index contributed by atoms with van der Waals surface area (Å²) in [5.41, 5.74) is 4.35. The van der Waals surface area contributed by atoms with Gasteiger partial charge in [-0.3, -0.25) is 9.59 Å². The fraction of sp³-hybridized carbons (Fsp3) is 0.300. The maximum absolute atomic E-state index is 13.0. The molecule has 0 saturated carbocycles. The van der Waals surface area contributed by atoms with Gasteiger partial charge < -0.3 is 4.90 Å². The minimum Gasteiger partial charge on any atom is -0.320 e. The highest BCUT2D eigenvalue weighted by atomic mass is 16.2. The number of rotatable bonds is 2. The first-order valence-electron chi connectivity index (χ1n) is 8.49.